The third-order valence-corrected chi connectivity index (χ3v) is 5.20. The lowest BCUT2D eigenvalue weighted by molar-refractivity contribution is 0.262. The number of benzene rings is 1. The Bertz CT molecular complexity index is 515. The summed E-state index contributed by atoms with van der Waals surface area (Å²) in [5.74, 6) is 0.599. The van der Waals surface area contributed by atoms with Crippen LogP contribution in [0, 0.1) is 0 Å². The normalized spacial score (nSPS) is 23.4. The van der Waals surface area contributed by atoms with E-state index in [0.717, 1.165) is 19.4 Å². The molecule has 92 valence electrons. The summed E-state index contributed by atoms with van der Waals surface area (Å²) >= 11 is 0. The number of ether oxygens (including phenoxy) is 2. The molecule has 0 radical (unpaired) electrons. The van der Waals surface area contributed by atoms with Crippen LogP contribution in [0.1, 0.15) is 12.8 Å². The summed E-state index contributed by atoms with van der Waals surface area (Å²) < 4.78 is 34.5. The van der Waals surface area contributed by atoms with E-state index < -0.39 is 9.84 Å². The predicted octanol–water partition coefficient (Wildman–Crippen LogP) is 1.40. The predicted molar refractivity (Wildman–Crippen MR) is 61.9 cm³/mol. The first kappa shape index (κ1) is 11.0. The van der Waals surface area contributed by atoms with Crippen LogP contribution in [0.3, 0.4) is 0 Å². The Balaban J connectivity index is 1.77. The van der Waals surface area contributed by atoms with E-state index in [4.69, 9.17) is 9.47 Å². The first-order valence-electron chi connectivity index (χ1n) is 5.74. The van der Waals surface area contributed by atoms with Gasteiger partial charge in [-0.3, -0.25) is 0 Å². The number of rotatable bonds is 5. The van der Waals surface area contributed by atoms with E-state index in [9.17, 15) is 8.42 Å². The van der Waals surface area contributed by atoms with Gasteiger partial charge >= 0.3 is 0 Å². The van der Waals surface area contributed by atoms with Crippen molar-refractivity contribution in [3.8, 4) is 5.75 Å². The third-order valence-electron chi connectivity index (χ3n) is 2.94. The Morgan fingerprint density at radius 2 is 2.12 bits per heavy atom. The van der Waals surface area contributed by atoms with Crippen molar-refractivity contribution in [3.63, 3.8) is 0 Å². The Kier molecular flexibility index (Phi) is 2.60. The van der Waals surface area contributed by atoms with Crippen molar-refractivity contribution in [1.29, 1.82) is 0 Å². The molecule has 3 rings (SSSR count). The molecule has 2 aliphatic rings. The van der Waals surface area contributed by atoms with Crippen LogP contribution in [-0.4, -0.2) is 33.0 Å². The summed E-state index contributed by atoms with van der Waals surface area (Å²) in [6, 6.07) is 6.73. The highest BCUT2D eigenvalue weighted by molar-refractivity contribution is 7.92. The maximum atomic E-state index is 12.0. The molecule has 1 unspecified atom stereocenters. The molecule has 1 aromatic carbocycles. The summed E-state index contributed by atoms with van der Waals surface area (Å²) in [6.07, 6.45) is 1.74. The zero-order chi connectivity index (χ0) is 11.9. The van der Waals surface area contributed by atoms with Gasteiger partial charge in [0, 0.05) is 0 Å². The quantitative estimate of drug-likeness (QED) is 0.745. The number of hydrogen-bond acceptors (Lipinski definition) is 4. The summed E-state index contributed by atoms with van der Waals surface area (Å²) in [7, 11) is -3.12. The molecule has 1 saturated heterocycles. The van der Waals surface area contributed by atoms with Gasteiger partial charge < -0.3 is 9.47 Å². The summed E-state index contributed by atoms with van der Waals surface area (Å²) in [5, 5.41) is -0.176. The Morgan fingerprint density at radius 3 is 2.76 bits per heavy atom. The van der Waals surface area contributed by atoms with E-state index in [-0.39, 0.29) is 11.4 Å². The average molecular weight is 254 g/mol. The maximum Gasteiger partial charge on any atom is 0.181 e. The van der Waals surface area contributed by atoms with E-state index in [1.54, 1.807) is 24.3 Å². The van der Waals surface area contributed by atoms with E-state index in [2.05, 4.69) is 0 Å². The van der Waals surface area contributed by atoms with Gasteiger partial charge in [-0.2, -0.15) is 0 Å². The van der Waals surface area contributed by atoms with Gasteiger partial charge in [-0.15, -0.1) is 0 Å². The van der Waals surface area contributed by atoms with Crippen LogP contribution in [0.5, 0.6) is 5.75 Å². The molecule has 0 spiro atoms. The van der Waals surface area contributed by atoms with Crippen molar-refractivity contribution < 1.29 is 17.9 Å². The first-order valence-corrected chi connectivity index (χ1v) is 7.29. The molecule has 0 bridgehead atoms. The van der Waals surface area contributed by atoms with Crippen molar-refractivity contribution in [1.82, 2.24) is 0 Å². The third kappa shape index (κ3) is 2.45. The largest absolute Gasteiger partial charge is 0.491 e. The molecule has 1 aromatic rings. The van der Waals surface area contributed by atoms with Crippen LogP contribution in [-0.2, 0) is 14.6 Å². The van der Waals surface area contributed by atoms with E-state index in [0.29, 0.717) is 17.3 Å². The molecular weight excluding hydrogens is 240 g/mol. The fourth-order valence-electron chi connectivity index (χ4n) is 1.67. The first-order chi connectivity index (χ1) is 8.16. The van der Waals surface area contributed by atoms with Gasteiger partial charge in [0.25, 0.3) is 0 Å². The molecular formula is C12H14O4S. The molecule has 5 heteroatoms. The SMILES string of the molecule is O=S(=O)(c1cccc(OCC2CO2)c1)C1CC1. The summed E-state index contributed by atoms with van der Waals surface area (Å²) in [4.78, 5) is 0.370. The average Bonchev–Trinajstić information content (AvgIpc) is 3.19. The van der Waals surface area contributed by atoms with Crippen molar-refractivity contribution in [2.45, 2.75) is 29.1 Å². The van der Waals surface area contributed by atoms with Crippen molar-refractivity contribution in [3.05, 3.63) is 24.3 Å². The summed E-state index contributed by atoms with van der Waals surface area (Å²) in [6.45, 7) is 1.23. The van der Waals surface area contributed by atoms with Gasteiger partial charge in [-0.05, 0) is 31.0 Å². The second kappa shape index (κ2) is 3.99. The van der Waals surface area contributed by atoms with Gasteiger partial charge in [-0.1, -0.05) is 6.07 Å². The van der Waals surface area contributed by atoms with Crippen LogP contribution in [0.15, 0.2) is 29.2 Å². The van der Waals surface area contributed by atoms with Gasteiger partial charge in [0.1, 0.15) is 18.5 Å². The van der Waals surface area contributed by atoms with Crippen LogP contribution in [0.2, 0.25) is 0 Å². The highest BCUT2D eigenvalue weighted by Crippen LogP contribution is 2.34. The van der Waals surface area contributed by atoms with Gasteiger partial charge in [0.05, 0.1) is 16.8 Å². The Labute approximate surface area is 100 Å². The van der Waals surface area contributed by atoms with Gasteiger partial charge in [0.15, 0.2) is 9.84 Å². The highest BCUT2D eigenvalue weighted by Gasteiger charge is 2.37. The summed E-state index contributed by atoms with van der Waals surface area (Å²) in [5.41, 5.74) is 0. The molecule has 0 N–H and O–H groups in total. The maximum absolute atomic E-state index is 12.0. The van der Waals surface area contributed by atoms with E-state index >= 15 is 0 Å². The zero-order valence-electron chi connectivity index (χ0n) is 9.33. The standard InChI is InChI=1S/C12H14O4S/c13-17(14,11-4-5-11)12-3-1-2-9(6-12)15-7-10-8-16-10/h1-3,6,10-11H,4-5,7-8H2. The highest BCUT2D eigenvalue weighted by atomic mass is 32.2. The molecule has 0 aromatic heterocycles. The fourth-order valence-corrected chi connectivity index (χ4v) is 3.36. The number of sulfone groups is 1. The molecule has 1 atom stereocenters. The van der Waals surface area contributed by atoms with Crippen LogP contribution < -0.4 is 4.74 Å². The fraction of sp³-hybridized carbons (Fsp3) is 0.500. The monoisotopic (exact) mass is 254 g/mol. The molecule has 1 saturated carbocycles. The van der Waals surface area contributed by atoms with E-state index in [1.807, 2.05) is 0 Å². The van der Waals surface area contributed by atoms with Gasteiger partial charge in [0.2, 0.25) is 0 Å². The minimum Gasteiger partial charge on any atom is -0.491 e. The zero-order valence-corrected chi connectivity index (χ0v) is 10.2. The van der Waals surface area contributed by atoms with Crippen molar-refractivity contribution >= 4 is 9.84 Å². The molecule has 4 nitrogen and oxygen atoms in total. The molecule has 1 heterocycles. The lowest BCUT2D eigenvalue weighted by Gasteiger charge is -2.07. The number of epoxide rings is 1. The lowest BCUT2D eigenvalue weighted by atomic mass is 10.3. The molecule has 0 amide bonds. The van der Waals surface area contributed by atoms with E-state index in [1.165, 1.54) is 0 Å². The lowest BCUT2D eigenvalue weighted by Crippen LogP contribution is -2.08. The van der Waals surface area contributed by atoms with Crippen LogP contribution >= 0.6 is 0 Å². The Hall–Kier alpha value is -1.07. The van der Waals surface area contributed by atoms with Crippen molar-refractivity contribution in [2.24, 2.45) is 0 Å². The second-order valence-corrected chi connectivity index (χ2v) is 6.71. The van der Waals surface area contributed by atoms with Gasteiger partial charge in [-0.25, -0.2) is 8.42 Å². The molecule has 17 heavy (non-hydrogen) atoms. The smallest absolute Gasteiger partial charge is 0.181 e. The molecule has 1 aliphatic carbocycles. The van der Waals surface area contributed by atoms with Crippen LogP contribution in [0.25, 0.3) is 0 Å². The minimum absolute atomic E-state index is 0.176. The topological polar surface area (TPSA) is 55.9 Å². The Morgan fingerprint density at radius 1 is 1.35 bits per heavy atom. The molecule has 2 fully saturated rings. The van der Waals surface area contributed by atoms with Crippen molar-refractivity contribution in [2.75, 3.05) is 13.2 Å². The minimum atomic E-state index is -3.12. The van der Waals surface area contributed by atoms with Crippen LogP contribution in [0.4, 0.5) is 0 Å². The number of hydrogen-bond donors (Lipinski definition) is 0. The molecule has 1 aliphatic heterocycles. The second-order valence-electron chi connectivity index (χ2n) is 4.49.